The van der Waals surface area contributed by atoms with Gasteiger partial charge in [0.2, 0.25) is 11.8 Å². The van der Waals surface area contributed by atoms with Gasteiger partial charge in [-0.25, -0.2) is 0 Å². The van der Waals surface area contributed by atoms with E-state index in [1.54, 1.807) is 0 Å². The Balaban J connectivity index is 1.08. The summed E-state index contributed by atoms with van der Waals surface area (Å²) in [5.41, 5.74) is 3.95. The van der Waals surface area contributed by atoms with Crippen LogP contribution in [0.2, 0.25) is 0 Å². The van der Waals surface area contributed by atoms with E-state index in [0.29, 0.717) is 25.8 Å². The fraction of sp³-hybridized carbons (Fsp3) is 0.405. The summed E-state index contributed by atoms with van der Waals surface area (Å²) in [4.78, 5) is 35.9. The first-order valence-electron chi connectivity index (χ1n) is 16.1. The van der Waals surface area contributed by atoms with E-state index in [1.165, 1.54) is 36.8 Å². The van der Waals surface area contributed by atoms with Crippen molar-refractivity contribution in [1.82, 2.24) is 20.1 Å². The third-order valence-corrected chi connectivity index (χ3v) is 9.59. The summed E-state index contributed by atoms with van der Waals surface area (Å²) < 4.78 is 0. The lowest BCUT2D eigenvalue weighted by Crippen LogP contribution is -2.73. The molecular formula is C37H44N4O2. The number of rotatable bonds is 12. The van der Waals surface area contributed by atoms with E-state index < -0.39 is 11.6 Å². The maximum absolute atomic E-state index is 14.2. The highest BCUT2D eigenvalue weighted by Crippen LogP contribution is 2.34. The van der Waals surface area contributed by atoms with E-state index in [-0.39, 0.29) is 11.8 Å². The molecule has 1 unspecified atom stereocenters. The van der Waals surface area contributed by atoms with E-state index in [4.69, 9.17) is 0 Å². The Labute approximate surface area is 255 Å². The van der Waals surface area contributed by atoms with Crippen LogP contribution in [0.5, 0.6) is 0 Å². The highest BCUT2D eigenvalue weighted by atomic mass is 16.2. The topological polar surface area (TPSA) is 68.4 Å². The molecule has 2 aliphatic rings. The minimum absolute atomic E-state index is 0.0190. The van der Waals surface area contributed by atoms with Crippen LogP contribution in [-0.2, 0) is 28.9 Å². The van der Waals surface area contributed by atoms with Gasteiger partial charge in [0.15, 0.2) is 0 Å². The van der Waals surface area contributed by atoms with Crippen LogP contribution >= 0.6 is 0 Å². The van der Waals surface area contributed by atoms with Gasteiger partial charge in [0.05, 0.1) is 0 Å². The zero-order valence-electron chi connectivity index (χ0n) is 25.1. The molecule has 4 aromatic rings. The highest BCUT2D eigenvalue weighted by Gasteiger charge is 2.53. The number of piperazine rings is 1. The van der Waals surface area contributed by atoms with E-state index in [1.807, 2.05) is 47.5 Å². The van der Waals surface area contributed by atoms with Crippen molar-refractivity contribution in [3.05, 3.63) is 108 Å². The predicted octanol–water partition coefficient (Wildman–Crippen LogP) is 5.92. The number of H-pyrrole nitrogens is 1. The number of benzene rings is 3. The zero-order chi connectivity index (χ0) is 29.5. The van der Waals surface area contributed by atoms with Gasteiger partial charge in [-0.3, -0.25) is 9.59 Å². The number of piperidine rings is 1. The number of fused-ring (bicyclic) bond motifs is 1. The smallest absolute Gasteiger partial charge is 0.246 e. The number of aromatic amines is 1. The van der Waals surface area contributed by atoms with Crippen molar-refractivity contribution in [2.24, 2.45) is 0 Å². The Morgan fingerprint density at radius 1 is 0.721 bits per heavy atom. The van der Waals surface area contributed by atoms with Crippen LogP contribution < -0.4 is 5.32 Å². The van der Waals surface area contributed by atoms with Crippen molar-refractivity contribution in [2.75, 3.05) is 26.2 Å². The van der Waals surface area contributed by atoms with Gasteiger partial charge < -0.3 is 20.1 Å². The molecule has 1 atom stereocenters. The van der Waals surface area contributed by atoms with Gasteiger partial charge in [-0.05, 0) is 67.8 Å². The molecule has 1 aromatic heterocycles. The Kier molecular flexibility index (Phi) is 9.23. The normalized spacial score (nSPS) is 18.8. The largest absolute Gasteiger partial charge is 0.361 e. The van der Waals surface area contributed by atoms with Crippen molar-refractivity contribution in [2.45, 2.75) is 69.4 Å². The minimum Gasteiger partial charge on any atom is -0.361 e. The lowest BCUT2D eigenvalue weighted by molar-refractivity contribution is -0.161. The lowest BCUT2D eigenvalue weighted by Gasteiger charge is -2.51. The second-order valence-electron chi connectivity index (χ2n) is 12.3. The number of nitrogens with one attached hydrogen (secondary N) is 2. The Hall–Kier alpha value is -3.90. The Bertz CT molecular complexity index is 1490. The van der Waals surface area contributed by atoms with Crippen molar-refractivity contribution in [3.8, 4) is 0 Å². The number of aromatic nitrogens is 1. The first kappa shape index (κ1) is 29.2. The molecule has 3 aromatic carbocycles. The number of hydrogen-bond acceptors (Lipinski definition) is 3. The van der Waals surface area contributed by atoms with Crippen molar-refractivity contribution in [1.29, 1.82) is 0 Å². The summed E-state index contributed by atoms with van der Waals surface area (Å²) in [5.74, 6) is 0.0678. The van der Waals surface area contributed by atoms with Crippen LogP contribution in [0.3, 0.4) is 0 Å². The second-order valence-corrected chi connectivity index (χ2v) is 12.3. The summed E-state index contributed by atoms with van der Waals surface area (Å²) in [6.45, 7) is 3.31. The standard InChI is InChI=1S/C37H44N4O2/c42-35-34(27-31-28-38-33-19-11-10-18-32(31)33)39-36(43)37(41(35)24-20-30-16-8-4-9-17-30)21-25-40(26-22-37)23-12-2-1-5-13-29-14-6-3-7-15-29/h3-4,6-11,14-19,28,34,38H,1-2,5,12-13,20-27H2,(H,39,43). The maximum atomic E-state index is 14.2. The number of amides is 2. The molecule has 2 amide bonds. The maximum Gasteiger partial charge on any atom is 0.246 e. The van der Waals surface area contributed by atoms with Crippen LogP contribution in [0.1, 0.15) is 55.2 Å². The lowest BCUT2D eigenvalue weighted by atomic mass is 9.80. The van der Waals surface area contributed by atoms with Crippen LogP contribution in [0.4, 0.5) is 0 Å². The predicted molar refractivity (Wildman–Crippen MR) is 173 cm³/mol. The van der Waals surface area contributed by atoms with Crippen molar-refractivity contribution < 1.29 is 9.59 Å². The van der Waals surface area contributed by atoms with Crippen LogP contribution in [0.25, 0.3) is 10.9 Å². The molecule has 1 spiro atoms. The molecule has 0 saturated carbocycles. The third-order valence-electron chi connectivity index (χ3n) is 9.59. The van der Waals surface area contributed by atoms with Gasteiger partial charge in [-0.2, -0.15) is 0 Å². The molecule has 0 aliphatic carbocycles. The van der Waals surface area contributed by atoms with Crippen molar-refractivity contribution in [3.63, 3.8) is 0 Å². The molecule has 6 heteroatoms. The van der Waals surface area contributed by atoms with Crippen LogP contribution in [0, 0.1) is 0 Å². The number of hydrogen-bond donors (Lipinski definition) is 2. The summed E-state index contributed by atoms with van der Waals surface area (Å²) in [5, 5.41) is 4.30. The van der Waals surface area contributed by atoms with E-state index in [2.05, 4.69) is 63.7 Å². The second kappa shape index (κ2) is 13.6. The number of carbonyl (C=O) groups excluding carboxylic acids is 2. The summed E-state index contributed by atoms with van der Waals surface area (Å²) >= 11 is 0. The molecule has 224 valence electrons. The quantitative estimate of drug-likeness (QED) is 0.206. The van der Waals surface area contributed by atoms with Gasteiger partial charge in [0.25, 0.3) is 0 Å². The fourth-order valence-electron chi connectivity index (χ4n) is 7.05. The molecule has 6 rings (SSSR count). The number of likely N-dealkylation sites (tertiary alicyclic amines) is 1. The summed E-state index contributed by atoms with van der Waals surface area (Å²) in [6.07, 6.45) is 10.6. The molecule has 0 radical (unpaired) electrons. The SMILES string of the molecule is O=C1C(Cc2c[nH]c3ccccc23)NC(=O)C2(CCN(CCCCCCc3ccccc3)CC2)N1CCc1ccccc1. The fourth-order valence-corrected chi connectivity index (χ4v) is 7.05. The summed E-state index contributed by atoms with van der Waals surface area (Å²) in [6, 6.07) is 28.6. The van der Waals surface area contributed by atoms with Gasteiger partial charge >= 0.3 is 0 Å². The number of unbranched alkanes of at least 4 members (excludes halogenated alkanes) is 3. The molecule has 2 aliphatic heterocycles. The van der Waals surface area contributed by atoms with Gasteiger partial charge in [0, 0.05) is 43.2 Å². The highest BCUT2D eigenvalue weighted by molar-refractivity contribution is 6.00. The van der Waals surface area contributed by atoms with Gasteiger partial charge in [0.1, 0.15) is 11.6 Å². The average molecular weight is 577 g/mol. The van der Waals surface area contributed by atoms with E-state index in [9.17, 15) is 9.59 Å². The van der Waals surface area contributed by atoms with E-state index in [0.717, 1.165) is 48.9 Å². The van der Waals surface area contributed by atoms with Crippen molar-refractivity contribution >= 4 is 22.7 Å². The molecule has 3 heterocycles. The third kappa shape index (κ3) is 6.70. The number of carbonyl (C=O) groups is 2. The Morgan fingerprint density at radius 3 is 2.12 bits per heavy atom. The minimum atomic E-state index is -0.769. The monoisotopic (exact) mass is 576 g/mol. The molecule has 0 bridgehead atoms. The average Bonchev–Trinajstić information content (AvgIpc) is 3.46. The van der Waals surface area contributed by atoms with Crippen LogP contribution in [0.15, 0.2) is 91.1 Å². The first-order valence-corrected chi connectivity index (χ1v) is 16.1. The zero-order valence-corrected chi connectivity index (χ0v) is 25.1. The molecule has 43 heavy (non-hydrogen) atoms. The number of aryl methyl sites for hydroxylation is 1. The summed E-state index contributed by atoms with van der Waals surface area (Å²) in [7, 11) is 0. The molecule has 2 saturated heterocycles. The van der Waals surface area contributed by atoms with E-state index >= 15 is 0 Å². The Morgan fingerprint density at radius 2 is 1.37 bits per heavy atom. The number of para-hydroxylation sites is 1. The van der Waals surface area contributed by atoms with Gasteiger partial charge in [-0.1, -0.05) is 91.7 Å². The first-order chi connectivity index (χ1) is 21.1. The van der Waals surface area contributed by atoms with Crippen LogP contribution in [-0.4, -0.2) is 64.4 Å². The van der Waals surface area contributed by atoms with Gasteiger partial charge in [-0.15, -0.1) is 0 Å². The molecule has 6 nitrogen and oxygen atoms in total. The molecule has 2 fully saturated rings. The number of nitrogens with zero attached hydrogens (tertiary/aromatic N) is 2. The molecule has 2 N–H and O–H groups in total. The molecular weight excluding hydrogens is 532 g/mol.